The van der Waals surface area contributed by atoms with Crippen LogP contribution in [0, 0.1) is 0 Å². The fraction of sp³-hybridized carbons (Fsp3) is 0.984. The highest BCUT2D eigenvalue weighted by atomic mass is 31.2. The van der Waals surface area contributed by atoms with Gasteiger partial charge in [-0.3, -0.25) is 13.8 Å². The molecule has 0 aliphatic heterocycles. The molecule has 1 amide bonds. The van der Waals surface area contributed by atoms with Gasteiger partial charge < -0.3 is 19.8 Å². The third kappa shape index (κ3) is 57.1. The molecule has 0 aromatic rings. The number of aliphatic hydroxyl groups excluding tert-OH is 1. The van der Waals surface area contributed by atoms with Crippen LogP contribution in [0.15, 0.2) is 0 Å². The van der Waals surface area contributed by atoms with E-state index in [1.165, 1.54) is 276 Å². The van der Waals surface area contributed by atoms with Crippen LogP contribution in [-0.2, 0) is 18.4 Å². The summed E-state index contributed by atoms with van der Waals surface area (Å²) in [5.41, 5.74) is 0. The van der Waals surface area contributed by atoms with Gasteiger partial charge in [0.15, 0.2) is 0 Å². The molecule has 71 heavy (non-hydrogen) atoms. The molecule has 3 atom stereocenters. The Kier molecular flexibility index (Phi) is 53.9. The first-order valence-corrected chi connectivity index (χ1v) is 33.4. The zero-order chi connectivity index (χ0) is 52.0. The molecule has 0 saturated heterocycles. The number of unbranched alkanes of at least 4 members (excludes halogenated alkanes) is 47. The second-order valence-electron chi connectivity index (χ2n) is 23.5. The van der Waals surface area contributed by atoms with Gasteiger partial charge in [0.25, 0.3) is 0 Å². The first-order valence-electron chi connectivity index (χ1n) is 31.9. The second-order valence-corrected chi connectivity index (χ2v) is 25.0. The Balaban J connectivity index is 3.77. The smallest absolute Gasteiger partial charge is 0.391 e. The molecule has 0 saturated carbocycles. The van der Waals surface area contributed by atoms with Crippen LogP contribution in [0.25, 0.3) is 0 Å². The van der Waals surface area contributed by atoms with E-state index in [0.29, 0.717) is 23.9 Å². The molecule has 0 aromatic heterocycles. The van der Waals surface area contributed by atoms with Crippen LogP contribution in [-0.4, -0.2) is 73.4 Å². The van der Waals surface area contributed by atoms with Crippen molar-refractivity contribution in [1.82, 2.24) is 5.32 Å². The van der Waals surface area contributed by atoms with Crippen LogP contribution in [0.3, 0.4) is 0 Å². The lowest BCUT2D eigenvalue weighted by atomic mass is 10.0. The van der Waals surface area contributed by atoms with Crippen molar-refractivity contribution in [2.75, 3.05) is 40.9 Å². The fourth-order valence-electron chi connectivity index (χ4n) is 10.1. The summed E-state index contributed by atoms with van der Waals surface area (Å²) in [6, 6.07) is -0.754. The number of likely N-dealkylation sites (N-methyl/N-ethyl adjacent to an activating group) is 1. The Hall–Kier alpha value is -0.500. The zero-order valence-electron chi connectivity index (χ0n) is 48.8. The van der Waals surface area contributed by atoms with E-state index < -0.39 is 20.0 Å². The molecule has 9 heteroatoms. The predicted octanol–water partition coefficient (Wildman–Crippen LogP) is 19.6. The molecule has 0 aliphatic carbocycles. The number of carbonyl (C=O) groups is 1. The van der Waals surface area contributed by atoms with E-state index in [1.54, 1.807) is 0 Å². The van der Waals surface area contributed by atoms with E-state index in [9.17, 15) is 19.4 Å². The quantitative estimate of drug-likeness (QED) is 0.0318. The normalized spacial score (nSPS) is 13.7. The lowest BCUT2D eigenvalue weighted by Gasteiger charge is -2.26. The van der Waals surface area contributed by atoms with Gasteiger partial charge in [-0.2, -0.15) is 0 Å². The maximum Gasteiger partial charge on any atom is 0.472 e. The molecule has 0 rings (SSSR count). The van der Waals surface area contributed by atoms with Crippen LogP contribution in [0.5, 0.6) is 0 Å². The summed E-state index contributed by atoms with van der Waals surface area (Å²) in [5.74, 6) is -0.137. The number of phosphoric ester groups is 1. The number of aliphatic hydroxyl groups is 1. The number of quaternary nitrogens is 1. The second kappa shape index (κ2) is 54.3. The molecule has 0 heterocycles. The van der Waals surface area contributed by atoms with Gasteiger partial charge in [-0.25, -0.2) is 4.57 Å². The van der Waals surface area contributed by atoms with Crippen molar-refractivity contribution in [2.45, 2.75) is 353 Å². The Morgan fingerprint density at radius 1 is 0.423 bits per heavy atom. The summed E-state index contributed by atoms with van der Waals surface area (Å²) < 4.78 is 23.7. The van der Waals surface area contributed by atoms with Crippen molar-refractivity contribution >= 4 is 13.7 Å². The predicted molar refractivity (Wildman–Crippen MR) is 309 cm³/mol. The summed E-state index contributed by atoms with van der Waals surface area (Å²) in [6.45, 7) is 4.93. The summed E-state index contributed by atoms with van der Waals surface area (Å²) in [7, 11) is 1.63. The number of carbonyl (C=O) groups excluding carboxylic acids is 1. The Bertz CT molecular complexity index is 1120. The number of phosphoric acid groups is 1. The molecule has 0 aromatic carbocycles. The molecule has 3 unspecified atom stereocenters. The van der Waals surface area contributed by atoms with Gasteiger partial charge in [0.05, 0.1) is 39.9 Å². The Labute approximate surface area is 444 Å². The van der Waals surface area contributed by atoms with Crippen LogP contribution in [0.2, 0.25) is 0 Å². The van der Waals surface area contributed by atoms with Crippen LogP contribution in [0.4, 0.5) is 0 Å². The first-order chi connectivity index (χ1) is 34.5. The Morgan fingerprint density at radius 2 is 0.676 bits per heavy atom. The third-order valence-corrected chi connectivity index (χ3v) is 16.1. The molecule has 0 aliphatic rings. The highest BCUT2D eigenvalue weighted by Crippen LogP contribution is 2.43. The SMILES string of the molecule is CCCCCCCCCCCCCCCCCCCCCCCCCCCCCCCCCCCCCCCCC(=O)NC(COP(=O)(O)OCC[N+](C)(C)C)C(O)CCCCCCCCCCCCC. The highest BCUT2D eigenvalue weighted by Gasteiger charge is 2.28. The van der Waals surface area contributed by atoms with Crippen LogP contribution in [0.1, 0.15) is 341 Å². The topological polar surface area (TPSA) is 105 Å². The molecule has 8 nitrogen and oxygen atoms in total. The largest absolute Gasteiger partial charge is 0.472 e. The molecule has 0 fully saturated rings. The summed E-state index contributed by atoms with van der Waals surface area (Å²) >= 11 is 0. The van der Waals surface area contributed by atoms with Gasteiger partial charge >= 0.3 is 7.82 Å². The van der Waals surface area contributed by atoms with E-state index in [4.69, 9.17) is 9.05 Å². The molecular formula is C62H128N2O6P+. The number of amides is 1. The number of hydrogen-bond acceptors (Lipinski definition) is 5. The standard InChI is InChI=1S/C62H127N2O6P/c1-6-8-10-12-14-16-18-19-20-21-22-23-24-25-26-27-28-29-30-31-32-33-34-35-36-37-38-39-40-41-42-43-44-46-48-50-52-54-56-62(66)63-60(59-70-71(67,68)69-58-57-64(3,4)5)61(65)55-53-51-49-47-45-17-15-13-11-9-7-2/h60-61,65H,6-59H2,1-5H3,(H-,63,66,67,68)/p+1. The van der Waals surface area contributed by atoms with E-state index in [-0.39, 0.29) is 19.1 Å². The lowest BCUT2D eigenvalue weighted by Crippen LogP contribution is -2.46. The molecule has 0 radical (unpaired) electrons. The van der Waals surface area contributed by atoms with Crippen molar-refractivity contribution in [1.29, 1.82) is 0 Å². The van der Waals surface area contributed by atoms with Gasteiger partial charge in [0.1, 0.15) is 13.2 Å². The molecule has 0 bridgehead atoms. The van der Waals surface area contributed by atoms with Gasteiger partial charge in [-0.1, -0.05) is 322 Å². The summed E-state index contributed by atoms with van der Waals surface area (Å²) in [4.78, 5) is 23.3. The minimum absolute atomic E-state index is 0.0787. The molecule has 426 valence electrons. The van der Waals surface area contributed by atoms with Crippen molar-refractivity contribution < 1.29 is 32.9 Å². The highest BCUT2D eigenvalue weighted by molar-refractivity contribution is 7.47. The number of nitrogens with zero attached hydrogens (tertiary/aromatic N) is 1. The van der Waals surface area contributed by atoms with Crippen molar-refractivity contribution in [3.05, 3.63) is 0 Å². The average Bonchev–Trinajstić information content (AvgIpc) is 3.33. The monoisotopic (exact) mass is 1030 g/mol. The minimum Gasteiger partial charge on any atom is -0.391 e. The molecule has 3 N–H and O–H groups in total. The average molecular weight is 1030 g/mol. The Morgan fingerprint density at radius 3 is 0.944 bits per heavy atom. The van der Waals surface area contributed by atoms with Gasteiger partial charge in [-0.05, 0) is 12.8 Å². The zero-order valence-corrected chi connectivity index (χ0v) is 49.7. The van der Waals surface area contributed by atoms with Crippen molar-refractivity contribution in [3.8, 4) is 0 Å². The van der Waals surface area contributed by atoms with Crippen LogP contribution >= 0.6 is 7.82 Å². The fourth-order valence-corrected chi connectivity index (χ4v) is 10.8. The van der Waals surface area contributed by atoms with E-state index in [1.807, 2.05) is 21.1 Å². The maximum absolute atomic E-state index is 13.0. The van der Waals surface area contributed by atoms with E-state index in [2.05, 4.69) is 19.2 Å². The van der Waals surface area contributed by atoms with E-state index in [0.717, 1.165) is 38.5 Å². The third-order valence-electron chi connectivity index (χ3n) is 15.1. The summed E-state index contributed by atoms with van der Waals surface area (Å²) in [6.07, 6.45) is 66.5. The van der Waals surface area contributed by atoms with Gasteiger partial charge in [-0.15, -0.1) is 0 Å². The minimum atomic E-state index is -4.31. The number of hydrogen-bond donors (Lipinski definition) is 3. The van der Waals surface area contributed by atoms with Crippen molar-refractivity contribution in [2.24, 2.45) is 0 Å². The van der Waals surface area contributed by atoms with Crippen LogP contribution < -0.4 is 5.32 Å². The first kappa shape index (κ1) is 70.5. The lowest BCUT2D eigenvalue weighted by molar-refractivity contribution is -0.870. The maximum atomic E-state index is 13.0. The van der Waals surface area contributed by atoms with Crippen molar-refractivity contribution in [3.63, 3.8) is 0 Å². The molecule has 0 spiro atoms. The number of rotatable bonds is 60. The molecular weight excluding hydrogens is 900 g/mol. The van der Waals surface area contributed by atoms with E-state index >= 15 is 0 Å². The van der Waals surface area contributed by atoms with Gasteiger partial charge in [0.2, 0.25) is 5.91 Å². The number of nitrogens with one attached hydrogen (secondary N) is 1. The summed E-state index contributed by atoms with van der Waals surface area (Å²) in [5, 5.41) is 14.0. The van der Waals surface area contributed by atoms with Gasteiger partial charge in [0, 0.05) is 6.42 Å².